The van der Waals surface area contributed by atoms with Gasteiger partial charge < -0.3 is 5.73 Å². The molecule has 20 heavy (non-hydrogen) atoms. The summed E-state index contributed by atoms with van der Waals surface area (Å²) in [4.78, 5) is 0. The van der Waals surface area contributed by atoms with Gasteiger partial charge in [0.05, 0.1) is 5.75 Å². The van der Waals surface area contributed by atoms with Crippen LogP contribution in [0.15, 0.2) is 12.2 Å². The zero-order valence-corrected chi connectivity index (χ0v) is 12.2. The topological polar surface area (TPSA) is 106 Å². The van der Waals surface area contributed by atoms with Crippen LogP contribution in [0.2, 0.25) is 0 Å². The van der Waals surface area contributed by atoms with Crippen LogP contribution in [0, 0.1) is 0 Å². The molecule has 0 aliphatic carbocycles. The molecule has 0 aromatic heterocycles. The lowest BCUT2D eigenvalue weighted by Crippen LogP contribution is -2.29. The summed E-state index contributed by atoms with van der Waals surface area (Å²) in [5.74, 6) is -1.30. The van der Waals surface area contributed by atoms with Crippen LogP contribution >= 0.6 is 0 Å². The van der Waals surface area contributed by atoms with Gasteiger partial charge in [0.2, 0.25) is 10.0 Å². The van der Waals surface area contributed by atoms with E-state index in [-0.39, 0.29) is 6.08 Å². The molecule has 0 saturated heterocycles. The first-order chi connectivity index (χ1) is 8.83. The molecule has 0 bridgehead atoms. The minimum atomic E-state index is -5.50. The predicted octanol–water partition coefficient (Wildman–Crippen LogP) is 0.984. The van der Waals surface area contributed by atoms with E-state index in [1.807, 2.05) is 0 Å². The molecule has 0 fully saturated rings. The first kappa shape index (κ1) is 21.6. The molecule has 0 aliphatic rings. The van der Waals surface area contributed by atoms with E-state index in [1.165, 1.54) is 12.8 Å². The minimum absolute atomic E-state index is 0.146. The molecule has 6 nitrogen and oxygen atoms in total. The molecule has 0 unspecified atom stereocenters. The maximum atomic E-state index is 11.8. The van der Waals surface area contributed by atoms with Gasteiger partial charge in [0, 0.05) is 6.08 Å². The van der Waals surface area contributed by atoms with Crippen molar-refractivity contribution in [2.75, 3.05) is 12.3 Å². The molecule has 122 valence electrons. The smallest absolute Gasteiger partial charge is 0.330 e. The maximum absolute atomic E-state index is 11.8. The molecule has 0 amide bonds. The van der Waals surface area contributed by atoms with Gasteiger partial charge in [-0.25, -0.2) is 8.42 Å². The van der Waals surface area contributed by atoms with Gasteiger partial charge >= 0.3 is 16.6 Å². The van der Waals surface area contributed by atoms with Crippen LogP contribution in [0.25, 0.3) is 0 Å². The summed E-state index contributed by atoms with van der Waals surface area (Å²) in [5, 5.41) is 0. The van der Waals surface area contributed by atoms with Crippen LogP contribution in [-0.2, 0) is 20.4 Å². The van der Waals surface area contributed by atoms with Crippen molar-refractivity contribution >= 4 is 20.4 Å². The van der Waals surface area contributed by atoms with Crippen LogP contribution in [0.4, 0.5) is 17.1 Å². The molecule has 0 spiro atoms. The molecule has 3 N–H and O–H groups in total. The number of hydrogen-bond donors (Lipinski definition) is 2. The highest BCUT2D eigenvalue weighted by atomic mass is 32.3. The van der Waals surface area contributed by atoms with Gasteiger partial charge in [-0.1, -0.05) is 27.4 Å². The lowest BCUT2D eigenvalue weighted by Gasteiger charge is -1.99. The van der Waals surface area contributed by atoms with E-state index in [2.05, 4.69) is 6.92 Å². The van der Waals surface area contributed by atoms with E-state index in [4.69, 9.17) is 5.73 Å². The Morgan fingerprint density at radius 2 is 1.70 bits per heavy atom. The van der Waals surface area contributed by atoms with Gasteiger partial charge in [0.15, 0.2) is 0 Å². The molecule has 0 atom stereocenters. The molecule has 0 rings (SSSR count). The molecule has 0 aromatic rings. The maximum Gasteiger partial charge on any atom is 0.409 e. The van der Waals surface area contributed by atoms with E-state index in [1.54, 1.807) is 0 Å². The molecular weight excluding hydrogens is 328 g/mol. The largest absolute Gasteiger partial charge is 0.409 e. The number of nitrogens with two attached hydrogens (primary N) is 1. The summed E-state index contributed by atoms with van der Waals surface area (Å²) in [6, 6.07) is 0. The molecule has 0 radical (unpaired) electrons. The summed E-state index contributed by atoms with van der Waals surface area (Å²) < 4.78 is 87.5. The lowest BCUT2D eigenvalue weighted by atomic mass is 10.3. The van der Waals surface area contributed by atoms with Crippen LogP contribution in [0.5, 0.6) is 0 Å². The van der Waals surface area contributed by atoms with E-state index in [9.17, 15) is 33.9 Å². The zero-order chi connectivity index (χ0) is 16.4. The number of unbranched alkanes of at least 4 members (excludes halogenated alkanes) is 1. The van der Waals surface area contributed by atoms with Crippen molar-refractivity contribution in [1.82, 2.24) is 4.13 Å². The summed E-state index contributed by atoms with van der Waals surface area (Å²) in [6.07, 6.45) is -2.59. The third-order valence-corrected chi connectivity index (χ3v) is 3.85. The number of rotatable bonds is 6. The van der Waals surface area contributed by atoms with Gasteiger partial charge in [-0.2, -0.15) is 21.6 Å². The standard InChI is InChI=1S/C4H5F4NO4S2.C4H11N/c5-4(6,7)2-1-3-14(10,11)9-15(8,12)13;1-2-3-4-5/h1-2,9H,3H2;2-5H2,1H3. The number of halogens is 4. The van der Waals surface area contributed by atoms with E-state index in [0.717, 1.165) is 6.54 Å². The molecule has 0 heterocycles. The third-order valence-electron chi connectivity index (χ3n) is 1.41. The summed E-state index contributed by atoms with van der Waals surface area (Å²) in [5.41, 5.74) is 5.14. The fourth-order valence-corrected chi connectivity index (χ4v) is 2.53. The Bertz CT molecular complexity index is 483. The fraction of sp³-hybridized carbons (Fsp3) is 0.750. The van der Waals surface area contributed by atoms with Crippen molar-refractivity contribution in [2.45, 2.75) is 25.9 Å². The summed E-state index contributed by atoms with van der Waals surface area (Å²) >= 11 is 0. The Kier molecular flexibility index (Phi) is 9.99. The highest BCUT2D eigenvalue weighted by Crippen LogP contribution is 2.15. The predicted molar refractivity (Wildman–Crippen MR) is 66.1 cm³/mol. The Labute approximate surface area is 115 Å². The van der Waals surface area contributed by atoms with E-state index < -0.39 is 38.4 Å². The van der Waals surface area contributed by atoms with Crippen molar-refractivity contribution in [1.29, 1.82) is 0 Å². The number of sulfonamides is 1. The average molecular weight is 344 g/mol. The Morgan fingerprint density at radius 3 is 1.95 bits per heavy atom. The van der Waals surface area contributed by atoms with Gasteiger partial charge in [-0.3, -0.25) is 0 Å². The van der Waals surface area contributed by atoms with Crippen molar-refractivity contribution in [2.24, 2.45) is 5.73 Å². The second kappa shape index (κ2) is 9.26. The van der Waals surface area contributed by atoms with Gasteiger partial charge in [0.25, 0.3) is 0 Å². The van der Waals surface area contributed by atoms with Crippen molar-refractivity contribution in [3.8, 4) is 0 Å². The monoisotopic (exact) mass is 344 g/mol. The Balaban J connectivity index is 0. The quantitative estimate of drug-likeness (QED) is 0.424. The number of hydrogen-bond acceptors (Lipinski definition) is 5. The van der Waals surface area contributed by atoms with Gasteiger partial charge in [0.1, 0.15) is 0 Å². The SMILES string of the molecule is CCCCN.O=S(=O)(F)NS(=O)(=O)CC=CC(F)(F)F. The highest BCUT2D eigenvalue weighted by Gasteiger charge is 2.23. The lowest BCUT2D eigenvalue weighted by molar-refractivity contribution is -0.0799. The number of alkyl halides is 3. The molecule has 12 heteroatoms. The normalized spacial score (nSPS) is 13.1. The average Bonchev–Trinajstić information content (AvgIpc) is 2.12. The molecular formula is C8H16F4N2O4S2. The molecule has 0 saturated carbocycles. The third kappa shape index (κ3) is 19.6. The zero-order valence-electron chi connectivity index (χ0n) is 10.5. The van der Waals surface area contributed by atoms with Gasteiger partial charge in [-0.15, -0.1) is 0 Å². The number of nitrogens with one attached hydrogen (secondary N) is 1. The van der Waals surface area contributed by atoms with Crippen molar-refractivity contribution in [3.63, 3.8) is 0 Å². The Morgan fingerprint density at radius 1 is 1.20 bits per heavy atom. The van der Waals surface area contributed by atoms with E-state index >= 15 is 0 Å². The minimum Gasteiger partial charge on any atom is -0.330 e. The van der Waals surface area contributed by atoms with Crippen molar-refractivity contribution in [3.05, 3.63) is 12.2 Å². The summed E-state index contributed by atoms with van der Waals surface area (Å²) in [6.45, 7) is 2.98. The fourth-order valence-electron chi connectivity index (χ4n) is 0.698. The van der Waals surface area contributed by atoms with Gasteiger partial charge in [-0.05, 0) is 13.0 Å². The molecule has 0 aromatic carbocycles. The van der Waals surface area contributed by atoms with Crippen molar-refractivity contribution < 1.29 is 33.9 Å². The number of allylic oxidation sites excluding steroid dienone is 1. The van der Waals surface area contributed by atoms with E-state index in [0.29, 0.717) is 4.13 Å². The first-order valence-electron chi connectivity index (χ1n) is 5.23. The first-order valence-corrected chi connectivity index (χ1v) is 8.27. The highest BCUT2D eigenvalue weighted by molar-refractivity contribution is 8.02. The molecule has 0 aliphatic heterocycles. The van der Waals surface area contributed by atoms with Crippen LogP contribution < -0.4 is 9.86 Å². The van der Waals surface area contributed by atoms with Crippen LogP contribution in [0.1, 0.15) is 19.8 Å². The second-order valence-corrected chi connectivity index (χ2v) is 6.49. The van der Waals surface area contributed by atoms with Crippen LogP contribution in [-0.4, -0.2) is 35.3 Å². The summed E-state index contributed by atoms with van der Waals surface area (Å²) in [7, 11) is -10.2. The second-order valence-electron chi connectivity index (χ2n) is 3.39. The Hall–Kier alpha value is -0.720. The van der Waals surface area contributed by atoms with Crippen LogP contribution in [0.3, 0.4) is 0 Å².